The lowest BCUT2D eigenvalue weighted by Crippen LogP contribution is -2.54. The van der Waals surface area contributed by atoms with Crippen molar-refractivity contribution in [3.8, 4) is 22.3 Å². The summed E-state index contributed by atoms with van der Waals surface area (Å²) in [5.41, 5.74) is 11.7. The summed E-state index contributed by atoms with van der Waals surface area (Å²) >= 11 is 0. The first-order valence-electron chi connectivity index (χ1n) is 16.5. The number of hydrogen-bond donors (Lipinski definition) is 0. The smallest absolute Gasteiger partial charge is 0.123 e. The van der Waals surface area contributed by atoms with Crippen LogP contribution < -0.4 is 4.90 Å². The maximum absolute atomic E-state index is 14.0. The molecule has 0 radical (unpaired) electrons. The summed E-state index contributed by atoms with van der Waals surface area (Å²) in [5, 5.41) is 5.27. The number of halogens is 1. The molecular weight excluding hydrogens is 549 g/mol. The Balaban J connectivity index is 1.19. The van der Waals surface area contributed by atoms with Crippen LogP contribution in [0.4, 0.5) is 15.8 Å². The van der Waals surface area contributed by atoms with Crippen LogP contribution >= 0.6 is 0 Å². The molecule has 6 aromatic rings. The molecule has 2 unspecified atom stereocenters. The molecule has 2 heteroatoms. The minimum Gasteiger partial charge on any atom is -0.334 e. The van der Waals surface area contributed by atoms with Crippen molar-refractivity contribution in [3.63, 3.8) is 0 Å². The number of anilines is 2. The van der Waals surface area contributed by atoms with Crippen LogP contribution in [0.3, 0.4) is 0 Å². The largest absolute Gasteiger partial charge is 0.334 e. The number of rotatable bonds is 2. The Morgan fingerprint density at radius 2 is 1.31 bits per heavy atom. The zero-order valence-electron chi connectivity index (χ0n) is 26.5. The molecule has 1 saturated carbocycles. The van der Waals surface area contributed by atoms with E-state index in [-0.39, 0.29) is 22.2 Å². The summed E-state index contributed by atoms with van der Waals surface area (Å²) in [5.74, 6) is -0.187. The van der Waals surface area contributed by atoms with E-state index < -0.39 is 0 Å². The highest BCUT2D eigenvalue weighted by molar-refractivity contribution is 6.14. The first kappa shape index (κ1) is 26.9. The Labute approximate surface area is 265 Å². The third kappa shape index (κ3) is 3.49. The Hall–Kier alpha value is -4.43. The first-order valence-corrected chi connectivity index (χ1v) is 16.5. The van der Waals surface area contributed by atoms with Gasteiger partial charge in [0.15, 0.2) is 0 Å². The van der Waals surface area contributed by atoms with Crippen LogP contribution in [0, 0.1) is 5.82 Å². The number of hydrogen-bond acceptors (Lipinski definition) is 1. The maximum Gasteiger partial charge on any atom is 0.123 e. The van der Waals surface area contributed by atoms with E-state index >= 15 is 0 Å². The molecule has 0 bridgehead atoms. The molecule has 1 aliphatic heterocycles. The van der Waals surface area contributed by atoms with E-state index in [1.807, 2.05) is 12.1 Å². The summed E-state index contributed by atoms with van der Waals surface area (Å²) in [6, 6.07) is 39.4. The molecule has 0 spiro atoms. The van der Waals surface area contributed by atoms with Crippen molar-refractivity contribution >= 4 is 32.9 Å². The van der Waals surface area contributed by atoms with Crippen molar-refractivity contribution in [2.75, 3.05) is 4.90 Å². The SMILES string of the molecule is CC1(C)c2cc(-c3ccc4c(c3)C3(C)CCCCC3(C)N4c3ccc(F)cc3)ccc2-c2c1ccc1c2ccc2ccccc21. The molecular formula is C43H38FN. The zero-order chi connectivity index (χ0) is 30.7. The summed E-state index contributed by atoms with van der Waals surface area (Å²) < 4.78 is 14.0. The van der Waals surface area contributed by atoms with Gasteiger partial charge < -0.3 is 4.90 Å². The van der Waals surface area contributed by atoms with Gasteiger partial charge in [-0.2, -0.15) is 0 Å². The number of fused-ring (bicyclic) bond motifs is 10. The molecule has 2 aliphatic carbocycles. The van der Waals surface area contributed by atoms with Crippen LogP contribution in [0.15, 0.2) is 109 Å². The van der Waals surface area contributed by atoms with Crippen molar-refractivity contribution in [3.05, 3.63) is 132 Å². The van der Waals surface area contributed by atoms with Gasteiger partial charge in [0.05, 0.1) is 5.54 Å². The molecule has 1 nitrogen and oxygen atoms in total. The minimum absolute atomic E-state index is 0.0128. The highest BCUT2D eigenvalue weighted by atomic mass is 19.1. The topological polar surface area (TPSA) is 3.24 Å². The Bertz CT molecular complexity index is 2190. The van der Waals surface area contributed by atoms with E-state index in [2.05, 4.69) is 118 Å². The van der Waals surface area contributed by atoms with Crippen LogP contribution in [-0.2, 0) is 10.8 Å². The summed E-state index contributed by atoms with van der Waals surface area (Å²) in [7, 11) is 0. The Morgan fingerprint density at radius 3 is 2.13 bits per heavy atom. The van der Waals surface area contributed by atoms with Crippen molar-refractivity contribution < 1.29 is 4.39 Å². The lowest BCUT2D eigenvalue weighted by Gasteiger charge is -2.50. The molecule has 0 saturated heterocycles. The average molecular weight is 588 g/mol. The van der Waals surface area contributed by atoms with Gasteiger partial charge in [-0.3, -0.25) is 0 Å². The molecule has 0 aromatic heterocycles. The predicted molar refractivity (Wildman–Crippen MR) is 187 cm³/mol. The van der Waals surface area contributed by atoms with Crippen molar-refractivity contribution in [1.82, 2.24) is 0 Å². The van der Waals surface area contributed by atoms with Crippen LogP contribution in [0.5, 0.6) is 0 Å². The maximum atomic E-state index is 14.0. The predicted octanol–water partition coefficient (Wildman–Crippen LogP) is 11.8. The zero-order valence-corrected chi connectivity index (χ0v) is 26.5. The van der Waals surface area contributed by atoms with Crippen molar-refractivity contribution in [2.45, 2.75) is 69.7 Å². The van der Waals surface area contributed by atoms with Gasteiger partial charge in [-0.25, -0.2) is 4.39 Å². The molecule has 2 atom stereocenters. The van der Waals surface area contributed by atoms with Gasteiger partial charge in [-0.15, -0.1) is 0 Å². The highest BCUT2D eigenvalue weighted by Crippen LogP contribution is 2.61. The van der Waals surface area contributed by atoms with Crippen molar-refractivity contribution in [2.24, 2.45) is 0 Å². The monoisotopic (exact) mass is 587 g/mol. The molecule has 6 aromatic carbocycles. The standard InChI is InChI=1S/C43H38FN/c1-41(2)36-21-20-33-32-10-6-5-9-27(32)11-18-34(33)40(36)35-19-12-28(25-37(35)41)29-13-22-39-38(26-29)42(3)23-7-8-24-43(42,4)45(39)31-16-14-30(44)15-17-31/h5-6,9-22,25-26H,7-8,23-24H2,1-4H3. The molecule has 1 heterocycles. The molecule has 3 aliphatic rings. The Kier molecular flexibility index (Phi) is 5.43. The van der Waals surface area contributed by atoms with E-state index in [0.29, 0.717) is 0 Å². The van der Waals surface area contributed by atoms with Gasteiger partial charge in [-0.05, 0) is 123 Å². The summed E-state index contributed by atoms with van der Waals surface area (Å²) in [6.45, 7) is 9.66. The van der Waals surface area contributed by atoms with Crippen LogP contribution in [-0.4, -0.2) is 5.54 Å². The van der Waals surface area contributed by atoms with Gasteiger partial charge in [0, 0.05) is 22.2 Å². The quantitative estimate of drug-likeness (QED) is 0.182. The van der Waals surface area contributed by atoms with Crippen molar-refractivity contribution in [1.29, 1.82) is 0 Å². The Morgan fingerprint density at radius 1 is 0.600 bits per heavy atom. The molecule has 0 amide bonds. The van der Waals surface area contributed by atoms with E-state index in [9.17, 15) is 4.39 Å². The van der Waals surface area contributed by atoms with Crippen LogP contribution in [0.25, 0.3) is 43.8 Å². The highest BCUT2D eigenvalue weighted by Gasteiger charge is 2.57. The first-order chi connectivity index (χ1) is 21.7. The lowest BCUT2D eigenvalue weighted by atomic mass is 9.61. The summed E-state index contributed by atoms with van der Waals surface area (Å²) in [6.07, 6.45) is 4.74. The fraction of sp³-hybridized carbons (Fsp3) is 0.256. The molecule has 9 rings (SSSR count). The second-order valence-corrected chi connectivity index (χ2v) is 14.6. The van der Waals surface area contributed by atoms with Crippen LogP contribution in [0.2, 0.25) is 0 Å². The van der Waals surface area contributed by atoms with Gasteiger partial charge in [0.2, 0.25) is 0 Å². The van der Waals surface area contributed by atoms with Crippen LogP contribution in [0.1, 0.15) is 70.1 Å². The molecule has 45 heavy (non-hydrogen) atoms. The van der Waals surface area contributed by atoms with E-state index in [1.165, 1.54) is 79.0 Å². The summed E-state index contributed by atoms with van der Waals surface area (Å²) in [4.78, 5) is 2.52. The second kappa shape index (κ2) is 9.07. The van der Waals surface area contributed by atoms with E-state index in [4.69, 9.17) is 0 Å². The number of benzene rings is 6. The third-order valence-corrected chi connectivity index (χ3v) is 12.1. The average Bonchev–Trinajstić information content (AvgIpc) is 3.41. The molecule has 1 fully saturated rings. The molecule has 0 N–H and O–H groups in total. The van der Waals surface area contributed by atoms with E-state index in [0.717, 1.165) is 18.5 Å². The van der Waals surface area contributed by atoms with Gasteiger partial charge in [0.1, 0.15) is 5.82 Å². The fourth-order valence-electron chi connectivity index (χ4n) is 9.41. The normalized spacial score (nSPS) is 22.7. The van der Waals surface area contributed by atoms with Gasteiger partial charge in [-0.1, -0.05) is 100 Å². The van der Waals surface area contributed by atoms with Gasteiger partial charge in [0.25, 0.3) is 0 Å². The second-order valence-electron chi connectivity index (χ2n) is 14.6. The molecule has 222 valence electrons. The minimum atomic E-state index is -0.187. The number of nitrogens with zero attached hydrogens (tertiary/aromatic N) is 1. The van der Waals surface area contributed by atoms with Gasteiger partial charge >= 0.3 is 0 Å². The third-order valence-electron chi connectivity index (χ3n) is 12.1. The fourth-order valence-corrected chi connectivity index (χ4v) is 9.41. The van der Waals surface area contributed by atoms with E-state index in [1.54, 1.807) is 12.1 Å². The lowest BCUT2D eigenvalue weighted by molar-refractivity contribution is 0.195.